The minimum Gasteiger partial charge on any atom is -0.528 e. The molecule has 0 bridgehead atoms. The molecular weight excluding hydrogens is 171 g/mol. The van der Waals surface area contributed by atoms with Crippen LogP contribution in [0.2, 0.25) is 0 Å². The van der Waals surface area contributed by atoms with E-state index in [1.54, 1.807) is 0 Å². The van der Waals surface area contributed by atoms with Crippen molar-refractivity contribution in [2.24, 2.45) is 0 Å². The maximum atomic E-state index is 9.26. The van der Waals surface area contributed by atoms with Crippen LogP contribution in [-0.4, -0.2) is 23.4 Å². The van der Waals surface area contributed by atoms with Crippen molar-refractivity contribution < 1.29 is 73.3 Å². The molecule has 0 fully saturated rings. The fourth-order valence-electron chi connectivity index (χ4n) is 0. The SMILES string of the molecule is CN(O)C(=O)[O-].[Rb+]. The van der Waals surface area contributed by atoms with Gasteiger partial charge in [-0.1, -0.05) is 0 Å². The van der Waals surface area contributed by atoms with Crippen molar-refractivity contribution in [3.8, 4) is 0 Å². The molecule has 0 rings (SSSR count). The molecule has 1 amide bonds. The fourth-order valence-corrected chi connectivity index (χ4v) is 0. The van der Waals surface area contributed by atoms with E-state index in [4.69, 9.17) is 5.21 Å². The van der Waals surface area contributed by atoms with E-state index in [2.05, 4.69) is 0 Å². The van der Waals surface area contributed by atoms with Crippen molar-refractivity contribution >= 4 is 6.09 Å². The van der Waals surface area contributed by atoms with Crippen LogP contribution in [0.1, 0.15) is 0 Å². The fraction of sp³-hybridized carbons (Fsp3) is 0.500. The first-order valence-corrected chi connectivity index (χ1v) is 1.28. The van der Waals surface area contributed by atoms with E-state index >= 15 is 0 Å². The number of amides is 1. The zero-order valence-electron chi connectivity index (χ0n) is 4.21. The van der Waals surface area contributed by atoms with Gasteiger partial charge in [-0.2, -0.15) is 0 Å². The minimum atomic E-state index is -1.60. The van der Waals surface area contributed by atoms with Crippen LogP contribution in [0.3, 0.4) is 0 Å². The van der Waals surface area contributed by atoms with Gasteiger partial charge in [0.1, 0.15) is 0 Å². The van der Waals surface area contributed by atoms with Gasteiger partial charge in [0.05, 0.1) is 0 Å². The van der Waals surface area contributed by atoms with E-state index in [0.29, 0.717) is 0 Å². The number of carboxylic acid groups (broad SMARTS) is 1. The van der Waals surface area contributed by atoms with Gasteiger partial charge in [0.25, 0.3) is 0 Å². The molecule has 36 valence electrons. The second-order valence-electron chi connectivity index (χ2n) is 0.790. The Morgan fingerprint density at radius 3 is 2.00 bits per heavy atom. The van der Waals surface area contributed by atoms with E-state index in [9.17, 15) is 9.90 Å². The Morgan fingerprint density at radius 2 is 2.00 bits per heavy atom. The molecule has 0 aromatic carbocycles. The van der Waals surface area contributed by atoms with E-state index in [-0.39, 0.29) is 63.3 Å². The van der Waals surface area contributed by atoms with E-state index in [1.165, 1.54) is 0 Å². The largest absolute Gasteiger partial charge is 1.00 e. The molecule has 0 unspecified atom stereocenters. The maximum Gasteiger partial charge on any atom is 1.00 e. The Bertz CT molecular complexity index is 64.0. The van der Waals surface area contributed by atoms with Gasteiger partial charge in [0.2, 0.25) is 0 Å². The molecule has 0 saturated carbocycles. The molecule has 1 N–H and O–H groups in total. The molecule has 0 atom stereocenters. The number of hydroxylamine groups is 2. The molecule has 0 aromatic rings. The number of carbonyl (C=O) groups is 1. The summed E-state index contributed by atoms with van der Waals surface area (Å²) in [6, 6.07) is 0. The summed E-state index contributed by atoms with van der Waals surface area (Å²) in [7, 11) is 0.968. The Kier molecular flexibility index (Phi) is 8.08. The van der Waals surface area contributed by atoms with Gasteiger partial charge in [0, 0.05) is 7.05 Å². The standard InChI is InChI=1S/C2H5NO3.Rb/c1-3(6)2(4)5;/h6H,1H3,(H,4,5);/q;+1/p-1. The molecule has 0 heterocycles. The summed E-state index contributed by atoms with van der Waals surface area (Å²) >= 11 is 0. The number of carbonyl (C=O) groups excluding carboxylic acids is 1. The molecular formula is C2H4NO3Rb. The molecule has 0 spiro atoms. The van der Waals surface area contributed by atoms with Gasteiger partial charge >= 0.3 is 58.2 Å². The summed E-state index contributed by atoms with van der Waals surface area (Å²) in [4.78, 5) is 9.26. The molecule has 0 aliphatic rings. The van der Waals surface area contributed by atoms with Gasteiger partial charge in [-0.05, 0) is 0 Å². The Labute approximate surface area is 89.9 Å². The summed E-state index contributed by atoms with van der Waals surface area (Å²) in [5.74, 6) is 0. The monoisotopic (exact) mass is 175 g/mol. The minimum absolute atomic E-state index is 0. The van der Waals surface area contributed by atoms with Gasteiger partial charge in [-0.25, -0.2) is 5.06 Å². The normalized spacial score (nSPS) is 6.57. The second kappa shape index (κ2) is 5.18. The average molecular weight is 176 g/mol. The molecule has 0 aliphatic carbocycles. The van der Waals surface area contributed by atoms with Crippen LogP contribution in [0.25, 0.3) is 0 Å². The third-order valence-electron chi connectivity index (χ3n) is 0.264. The average Bonchev–Trinajstić information content (AvgIpc) is 1.36. The van der Waals surface area contributed by atoms with Crippen LogP contribution in [0.15, 0.2) is 0 Å². The van der Waals surface area contributed by atoms with Crippen molar-refractivity contribution in [3.05, 3.63) is 0 Å². The smallest absolute Gasteiger partial charge is 0.528 e. The Morgan fingerprint density at radius 1 is 1.86 bits per heavy atom. The topological polar surface area (TPSA) is 63.6 Å². The number of hydrogen-bond donors (Lipinski definition) is 1. The zero-order chi connectivity index (χ0) is 5.15. The summed E-state index contributed by atoms with van der Waals surface area (Å²) < 4.78 is 0. The number of rotatable bonds is 0. The quantitative estimate of drug-likeness (QED) is 0.299. The third kappa shape index (κ3) is 7.04. The number of nitrogens with zero attached hydrogens (tertiary/aromatic N) is 1. The van der Waals surface area contributed by atoms with E-state index in [0.717, 1.165) is 7.05 Å². The number of hydrogen-bond acceptors (Lipinski definition) is 3. The van der Waals surface area contributed by atoms with Gasteiger partial charge in [-0.15, -0.1) is 0 Å². The van der Waals surface area contributed by atoms with Crippen LogP contribution >= 0.6 is 0 Å². The van der Waals surface area contributed by atoms with Crippen LogP contribution in [0.4, 0.5) is 4.79 Å². The van der Waals surface area contributed by atoms with Crippen molar-refractivity contribution in [2.45, 2.75) is 0 Å². The molecule has 5 heteroatoms. The van der Waals surface area contributed by atoms with Crippen molar-refractivity contribution in [1.29, 1.82) is 0 Å². The molecule has 0 aromatic heterocycles. The molecule has 7 heavy (non-hydrogen) atoms. The Balaban J connectivity index is 0. The molecule has 0 saturated heterocycles. The molecule has 0 radical (unpaired) electrons. The summed E-state index contributed by atoms with van der Waals surface area (Å²) in [5, 5.41) is 17.0. The maximum absolute atomic E-state index is 9.26. The van der Waals surface area contributed by atoms with Crippen molar-refractivity contribution in [1.82, 2.24) is 5.06 Å². The van der Waals surface area contributed by atoms with Crippen LogP contribution < -0.4 is 63.3 Å². The van der Waals surface area contributed by atoms with Gasteiger partial charge in [-0.3, -0.25) is 5.21 Å². The molecule has 4 nitrogen and oxygen atoms in total. The Hall–Kier alpha value is 1.04. The van der Waals surface area contributed by atoms with Gasteiger partial charge in [0.15, 0.2) is 6.09 Å². The first-order valence-electron chi connectivity index (χ1n) is 1.28. The van der Waals surface area contributed by atoms with E-state index < -0.39 is 6.09 Å². The van der Waals surface area contributed by atoms with E-state index in [1.807, 2.05) is 0 Å². The zero-order valence-corrected chi connectivity index (χ0v) is 9.13. The van der Waals surface area contributed by atoms with Crippen molar-refractivity contribution in [3.63, 3.8) is 0 Å². The third-order valence-corrected chi connectivity index (χ3v) is 0.264. The summed E-state index contributed by atoms with van der Waals surface area (Å²) in [5.41, 5.74) is 0. The first-order chi connectivity index (χ1) is 2.64. The predicted octanol–water partition coefficient (Wildman–Crippen LogP) is -4.35. The predicted molar refractivity (Wildman–Crippen MR) is 14.9 cm³/mol. The second-order valence-corrected chi connectivity index (χ2v) is 0.790. The van der Waals surface area contributed by atoms with Crippen LogP contribution in [0.5, 0.6) is 0 Å². The summed E-state index contributed by atoms with van der Waals surface area (Å²) in [6.07, 6.45) is -1.60. The van der Waals surface area contributed by atoms with Crippen LogP contribution in [0, 0.1) is 0 Å². The van der Waals surface area contributed by atoms with Crippen molar-refractivity contribution in [2.75, 3.05) is 7.05 Å². The summed E-state index contributed by atoms with van der Waals surface area (Å²) in [6.45, 7) is 0. The van der Waals surface area contributed by atoms with Gasteiger partial charge < -0.3 is 9.90 Å². The van der Waals surface area contributed by atoms with Crippen LogP contribution in [-0.2, 0) is 0 Å². The molecule has 0 aliphatic heterocycles. The first kappa shape index (κ1) is 10.9.